The minimum atomic E-state index is -0.147. The fraction of sp³-hybridized carbons (Fsp3) is 0.240. The Bertz CT molecular complexity index is 941. The molecule has 1 atom stereocenters. The van der Waals surface area contributed by atoms with Gasteiger partial charge in [0.05, 0.1) is 25.7 Å². The number of nitrogens with one attached hydrogen (secondary N) is 1. The van der Waals surface area contributed by atoms with Crippen LogP contribution in [-0.4, -0.2) is 19.1 Å². The van der Waals surface area contributed by atoms with Gasteiger partial charge in [-0.2, -0.15) is 0 Å². The Morgan fingerprint density at radius 1 is 0.828 bits per heavy atom. The quantitative estimate of drug-likeness (QED) is 0.678. The molecule has 3 aromatic carbocycles. The SMILES string of the molecule is O=C(Cc1ccccc1)NC(Cc1ccccc1)c1ccc2c(c1)OCCCO2. The molecular weight excluding hydrogens is 362 g/mol. The maximum absolute atomic E-state index is 12.8. The number of carbonyl (C=O) groups is 1. The Morgan fingerprint density at radius 3 is 2.21 bits per heavy atom. The molecule has 1 unspecified atom stereocenters. The van der Waals surface area contributed by atoms with Gasteiger partial charge in [-0.25, -0.2) is 0 Å². The molecule has 1 amide bonds. The van der Waals surface area contributed by atoms with Crippen molar-refractivity contribution in [3.05, 3.63) is 95.6 Å². The number of hydrogen-bond acceptors (Lipinski definition) is 3. The zero-order chi connectivity index (χ0) is 19.9. The molecule has 0 aliphatic carbocycles. The van der Waals surface area contributed by atoms with Crippen molar-refractivity contribution in [2.24, 2.45) is 0 Å². The van der Waals surface area contributed by atoms with Crippen LogP contribution in [-0.2, 0) is 17.6 Å². The summed E-state index contributed by atoms with van der Waals surface area (Å²) in [5, 5.41) is 3.22. The maximum atomic E-state index is 12.8. The normalized spacial score (nSPS) is 13.9. The highest BCUT2D eigenvalue weighted by molar-refractivity contribution is 5.79. The molecule has 29 heavy (non-hydrogen) atoms. The number of carbonyl (C=O) groups excluding carboxylic acids is 1. The van der Waals surface area contributed by atoms with E-state index in [0.29, 0.717) is 26.1 Å². The summed E-state index contributed by atoms with van der Waals surface area (Å²) in [6.45, 7) is 1.30. The van der Waals surface area contributed by atoms with Gasteiger partial charge in [0.25, 0.3) is 0 Å². The zero-order valence-corrected chi connectivity index (χ0v) is 16.3. The van der Waals surface area contributed by atoms with Gasteiger partial charge in [-0.05, 0) is 35.2 Å². The third-order valence-corrected chi connectivity index (χ3v) is 5.00. The van der Waals surface area contributed by atoms with Crippen molar-refractivity contribution in [3.63, 3.8) is 0 Å². The van der Waals surface area contributed by atoms with Crippen LogP contribution in [0.1, 0.15) is 29.2 Å². The van der Waals surface area contributed by atoms with Crippen LogP contribution in [0.25, 0.3) is 0 Å². The Kier molecular flexibility index (Phi) is 6.10. The van der Waals surface area contributed by atoms with Crippen molar-refractivity contribution >= 4 is 5.91 Å². The van der Waals surface area contributed by atoms with E-state index in [1.54, 1.807) is 0 Å². The second kappa shape index (κ2) is 9.28. The summed E-state index contributed by atoms with van der Waals surface area (Å²) in [6.07, 6.45) is 1.93. The summed E-state index contributed by atoms with van der Waals surface area (Å²) >= 11 is 0. The molecule has 1 aliphatic rings. The zero-order valence-electron chi connectivity index (χ0n) is 16.3. The highest BCUT2D eigenvalue weighted by Crippen LogP contribution is 2.33. The lowest BCUT2D eigenvalue weighted by atomic mass is 9.98. The average molecular weight is 387 g/mol. The van der Waals surface area contributed by atoms with Crippen molar-refractivity contribution in [2.75, 3.05) is 13.2 Å². The van der Waals surface area contributed by atoms with Gasteiger partial charge in [0.1, 0.15) is 0 Å². The molecule has 1 N–H and O–H groups in total. The summed E-state index contributed by atoms with van der Waals surface area (Å²) in [5.41, 5.74) is 3.19. The summed E-state index contributed by atoms with van der Waals surface area (Å²) < 4.78 is 11.6. The van der Waals surface area contributed by atoms with E-state index >= 15 is 0 Å². The Morgan fingerprint density at radius 2 is 1.48 bits per heavy atom. The summed E-state index contributed by atoms with van der Waals surface area (Å²) in [5.74, 6) is 1.51. The van der Waals surface area contributed by atoms with Gasteiger partial charge in [-0.15, -0.1) is 0 Å². The molecule has 1 heterocycles. The number of benzene rings is 3. The lowest BCUT2D eigenvalue weighted by molar-refractivity contribution is -0.121. The van der Waals surface area contributed by atoms with E-state index in [9.17, 15) is 4.79 Å². The highest BCUT2D eigenvalue weighted by Gasteiger charge is 2.19. The lowest BCUT2D eigenvalue weighted by Gasteiger charge is -2.21. The summed E-state index contributed by atoms with van der Waals surface area (Å²) in [4.78, 5) is 12.8. The van der Waals surface area contributed by atoms with E-state index < -0.39 is 0 Å². The summed E-state index contributed by atoms with van der Waals surface area (Å²) in [6, 6.07) is 25.8. The summed E-state index contributed by atoms with van der Waals surface area (Å²) in [7, 11) is 0. The first kappa shape index (κ1) is 19.1. The second-order valence-electron chi connectivity index (χ2n) is 7.23. The van der Waals surface area contributed by atoms with Crippen molar-refractivity contribution in [1.82, 2.24) is 5.32 Å². The lowest BCUT2D eigenvalue weighted by Crippen LogP contribution is -2.31. The van der Waals surface area contributed by atoms with Gasteiger partial charge in [0, 0.05) is 6.42 Å². The largest absolute Gasteiger partial charge is 0.490 e. The monoisotopic (exact) mass is 387 g/mol. The molecule has 0 saturated heterocycles. The van der Waals surface area contributed by atoms with E-state index in [1.165, 1.54) is 5.56 Å². The van der Waals surface area contributed by atoms with Crippen LogP contribution >= 0.6 is 0 Å². The van der Waals surface area contributed by atoms with E-state index in [-0.39, 0.29) is 11.9 Å². The van der Waals surface area contributed by atoms with Gasteiger partial charge in [-0.1, -0.05) is 66.7 Å². The Hall–Kier alpha value is -3.27. The van der Waals surface area contributed by atoms with Crippen LogP contribution in [0.4, 0.5) is 0 Å². The number of ether oxygens (including phenoxy) is 2. The number of amides is 1. The number of hydrogen-bond donors (Lipinski definition) is 1. The first-order chi connectivity index (χ1) is 14.3. The molecule has 0 bridgehead atoms. The predicted molar refractivity (Wildman–Crippen MR) is 113 cm³/mol. The molecule has 0 spiro atoms. The average Bonchev–Trinajstić information content (AvgIpc) is 2.99. The Labute approximate surface area is 171 Å². The molecule has 0 saturated carbocycles. The molecule has 4 rings (SSSR count). The third-order valence-electron chi connectivity index (χ3n) is 5.00. The highest BCUT2D eigenvalue weighted by atomic mass is 16.5. The fourth-order valence-corrected chi connectivity index (χ4v) is 3.53. The van der Waals surface area contributed by atoms with Crippen molar-refractivity contribution in [1.29, 1.82) is 0 Å². The Balaban J connectivity index is 1.56. The second-order valence-corrected chi connectivity index (χ2v) is 7.23. The van der Waals surface area contributed by atoms with E-state index in [1.807, 2.05) is 66.7 Å². The van der Waals surface area contributed by atoms with Crippen LogP contribution < -0.4 is 14.8 Å². The standard InChI is InChI=1S/C25H25NO3/c27-25(17-20-10-5-2-6-11-20)26-22(16-19-8-3-1-4-9-19)21-12-13-23-24(18-21)29-15-7-14-28-23/h1-6,8-13,18,22H,7,14-17H2,(H,26,27). The van der Waals surface area contributed by atoms with Crippen LogP contribution in [0, 0.1) is 0 Å². The molecule has 1 aliphatic heterocycles. The topological polar surface area (TPSA) is 47.6 Å². The van der Waals surface area contributed by atoms with Crippen LogP contribution in [0.3, 0.4) is 0 Å². The van der Waals surface area contributed by atoms with Crippen LogP contribution in [0.5, 0.6) is 11.5 Å². The number of rotatable bonds is 6. The van der Waals surface area contributed by atoms with Gasteiger partial charge >= 0.3 is 0 Å². The van der Waals surface area contributed by atoms with Crippen molar-refractivity contribution < 1.29 is 14.3 Å². The molecule has 0 aromatic heterocycles. The van der Waals surface area contributed by atoms with Gasteiger partial charge in [-0.3, -0.25) is 4.79 Å². The van der Waals surface area contributed by atoms with Gasteiger partial charge in [0.2, 0.25) is 5.91 Å². The molecule has 148 valence electrons. The van der Waals surface area contributed by atoms with E-state index in [4.69, 9.17) is 9.47 Å². The van der Waals surface area contributed by atoms with Crippen molar-refractivity contribution in [3.8, 4) is 11.5 Å². The van der Waals surface area contributed by atoms with Gasteiger partial charge < -0.3 is 14.8 Å². The fourth-order valence-electron chi connectivity index (χ4n) is 3.53. The maximum Gasteiger partial charge on any atom is 0.224 e. The van der Waals surface area contributed by atoms with Crippen LogP contribution in [0.2, 0.25) is 0 Å². The molecule has 4 nitrogen and oxygen atoms in total. The smallest absolute Gasteiger partial charge is 0.224 e. The van der Waals surface area contributed by atoms with Crippen LogP contribution in [0.15, 0.2) is 78.9 Å². The minimum Gasteiger partial charge on any atom is -0.490 e. The molecular formula is C25H25NO3. The molecule has 0 radical (unpaired) electrons. The molecule has 3 aromatic rings. The van der Waals surface area contributed by atoms with E-state index in [2.05, 4.69) is 17.4 Å². The predicted octanol–water partition coefficient (Wildman–Crippen LogP) is 4.49. The van der Waals surface area contributed by atoms with E-state index in [0.717, 1.165) is 29.0 Å². The molecule has 4 heteroatoms. The number of fused-ring (bicyclic) bond motifs is 1. The minimum absolute atomic E-state index is 0.00393. The third kappa shape index (κ3) is 5.17. The first-order valence-corrected chi connectivity index (χ1v) is 10.0. The first-order valence-electron chi connectivity index (χ1n) is 10.0. The van der Waals surface area contributed by atoms with Crippen molar-refractivity contribution in [2.45, 2.75) is 25.3 Å². The molecule has 0 fully saturated rings. The van der Waals surface area contributed by atoms with Gasteiger partial charge in [0.15, 0.2) is 11.5 Å².